The Bertz CT molecular complexity index is 686. The minimum atomic E-state index is -0.410. The second kappa shape index (κ2) is 7.20. The number of rotatable bonds is 1. The maximum absolute atomic E-state index is 13.2. The van der Waals surface area contributed by atoms with E-state index < -0.39 is 5.41 Å². The average Bonchev–Trinajstić information content (AvgIpc) is 2.59. The highest BCUT2D eigenvalue weighted by Crippen LogP contribution is 2.38. The number of amides is 2. The van der Waals surface area contributed by atoms with E-state index in [9.17, 15) is 9.59 Å². The number of anilines is 1. The lowest BCUT2D eigenvalue weighted by Crippen LogP contribution is -2.50. The highest BCUT2D eigenvalue weighted by Gasteiger charge is 2.36. The third-order valence-corrected chi connectivity index (χ3v) is 6.03. The van der Waals surface area contributed by atoms with Crippen molar-refractivity contribution >= 4 is 40.9 Å². The summed E-state index contributed by atoms with van der Waals surface area (Å²) in [5.74, 6) is 1.01. The van der Waals surface area contributed by atoms with Crippen molar-refractivity contribution in [1.82, 2.24) is 4.90 Å². The summed E-state index contributed by atoms with van der Waals surface area (Å²) in [6.45, 7) is 7.76. The number of carbonyl (C=O) groups excluding carboxylic acids is 2. The Hall–Kier alpha value is -1.20. The summed E-state index contributed by atoms with van der Waals surface area (Å²) < 4.78 is 0. The van der Waals surface area contributed by atoms with Crippen molar-refractivity contribution in [2.24, 2.45) is 11.3 Å². The van der Waals surface area contributed by atoms with Crippen LogP contribution in [0.15, 0.2) is 23.1 Å². The third-order valence-electron chi connectivity index (χ3n) is 4.75. The van der Waals surface area contributed by atoms with Gasteiger partial charge in [-0.25, -0.2) is 0 Å². The van der Waals surface area contributed by atoms with E-state index >= 15 is 0 Å². The molecule has 0 aliphatic carbocycles. The summed E-state index contributed by atoms with van der Waals surface area (Å²) in [6, 6.07) is 5.73. The first kappa shape index (κ1) is 18.6. The molecule has 2 aliphatic heterocycles. The van der Waals surface area contributed by atoms with Gasteiger partial charge in [-0.1, -0.05) is 32.4 Å². The number of hydrogen-bond donors (Lipinski definition) is 0. The molecular formula is C19H25ClN2O2S. The van der Waals surface area contributed by atoms with Gasteiger partial charge >= 0.3 is 0 Å². The molecule has 1 unspecified atom stereocenters. The monoisotopic (exact) mass is 380 g/mol. The number of piperidine rings is 1. The summed E-state index contributed by atoms with van der Waals surface area (Å²) in [6.07, 6.45) is 1.72. The number of nitrogens with zero attached hydrogens (tertiary/aromatic N) is 2. The summed E-state index contributed by atoms with van der Waals surface area (Å²) in [5, 5.41) is 0.646. The Labute approximate surface area is 158 Å². The fraction of sp³-hybridized carbons (Fsp3) is 0.579. The van der Waals surface area contributed by atoms with Gasteiger partial charge in [0.15, 0.2) is 0 Å². The van der Waals surface area contributed by atoms with Crippen LogP contribution in [0.2, 0.25) is 5.02 Å². The van der Waals surface area contributed by atoms with Gasteiger partial charge < -0.3 is 9.80 Å². The number of thioether (sulfide) groups is 1. The quantitative estimate of drug-likeness (QED) is 0.737. The summed E-state index contributed by atoms with van der Waals surface area (Å²) in [7, 11) is 0. The van der Waals surface area contributed by atoms with Gasteiger partial charge in [0.2, 0.25) is 11.8 Å². The molecule has 0 bridgehead atoms. The van der Waals surface area contributed by atoms with Crippen LogP contribution in [0.3, 0.4) is 0 Å². The SMILES string of the molecule is CC(C)(C)C(=O)N1CCCC(C(=O)N2CCSc3ccc(Cl)cc32)C1. The van der Waals surface area contributed by atoms with Crippen molar-refractivity contribution in [3.63, 3.8) is 0 Å². The maximum Gasteiger partial charge on any atom is 0.231 e. The summed E-state index contributed by atoms with van der Waals surface area (Å²) in [4.78, 5) is 30.6. The Morgan fingerprint density at radius 3 is 2.72 bits per heavy atom. The van der Waals surface area contributed by atoms with Crippen LogP contribution in [0.4, 0.5) is 5.69 Å². The Morgan fingerprint density at radius 2 is 2.00 bits per heavy atom. The van der Waals surface area contributed by atoms with E-state index in [0.29, 0.717) is 18.1 Å². The van der Waals surface area contributed by atoms with E-state index in [2.05, 4.69) is 0 Å². The van der Waals surface area contributed by atoms with Crippen LogP contribution in [-0.2, 0) is 9.59 Å². The molecule has 136 valence electrons. The topological polar surface area (TPSA) is 40.6 Å². The van der Waals surface area contributed by atoms with E-state index in [1.807, 2.05) is 48.8 Å². The van der Waals surface area contributed by atoms with Crippen LogP contribution >= 0.6 is 23.4 Å². The number of benzene rings is 1. The van der Waals surface area contributed by atoms with E-state index in [0.717, 1.165) is 35.7 Å². The average molecular weight is 381 g/mol. The van der Waals surface area contributed by atoms with Crippen LogP contribution in [-0.4, -0.2) is 42.1 Å². The van der Waals surface area contributed by atoms with E-state index in [-0.39, 0.29) is 17.7 Å². The zero-order valence-electron chi connectivity index (χ0n) is 15.0. The first-order valence-corrected chi connectivity index (χ1v) is 10.2. The van der Waals surface area contributed by atoms with Gasteiger partial charge in [0, 0.05) is 40.7 Å². The van der Waals surface area contributed by atoms with E-state index in [4.69, 9.17) is 11.6 Å². The minimum Gasteiger partial charge on any atom is -0.341 e. The molecule has 1 saturated heterocycles. The molecule has 25 heavy (non-hydrogen) atoms. The lowest BCUT2D eigenvalue weighted by Gasteiger charge is -2.38. The summed E-state index contributed by atoms with van der Waals surface area (Å²) in [5.41, 5.74) is 0.500. The van der Waals surface area contributed by atoms with Crippen LogP contribution in [0.5, 0.6) is 0 Å². The predicted molar refractivity (Wildman–Crippen MR) is 103 cm³/mol. The number of hydrogen-bond acceptors (Lipinski definition) is 3. The predicted octanol–water partition coefficient (Wildman–Crippen LogP) is 4.06. The van der Waals surface area contributed by atoms with Crippen LogP contribution in [0.25, 0.3) is 0 Å². The Balaban J connectivity index is 1.78. The van der Waals surface area contributed by atoms with Crippen molar-refractivity contribution in [3.05, 3.63) is 23.2 Å². The zero-order valence-corrected chi connectivity index (χ0v) is 16.6. The first-order chi connectivity index (χ1) is 11.8. The molecule has 1 aromatic rings. The second-order valence-corrected chi connectivity index (χ2v) is 9.36. The Kier molecular flexibility index (Phi) is 5.35. The molecule has 2 heterocycles. The zero-order chi connectivity index (χ0) is 18.2. The van der Waals surface area contributed by atoms with Gasteiger partial charge in [-0.05, 0) is 31.0 Å². The molecule has 2 aliphatic rings. The van der Waals surface area contributed by atoms with Crippen LogP contribution in [0, 0.1) is 11.3 Å². The van der Waals surface area contributed by atoms with Gasteiger partial charge in [0.05, 0.1) is 11.6 Å². The smallest absolute Gasteiger partial charge is 0.231 e. The molecule has 1 aromatic carbocycles. The molecule has 2 amide bonds. The van der Waals surface area contributed by atoms with Gasteiger partial charge in [0.25, 0.3) is 0 Å². The minimum absolute atomic E-state index is 0.121. The highest BCUT2D eigenvalue weighted by molar-refractivity contribution is 7.99. The van der Waals surface area contributed by atoms with Crippen molar-refractivity contribution in [3.8, 4) is 0 Å². The molecule has 0 N–H and O–H groups in total. The highest BCUT2D eigenvalue weighted by atomic mass is 35.5. The molecule has 1 fully saturated rings. The molecule has 0 radical (unpaired) electrons. The van der Waals surface area contributed by atoms with Gasteiger partial charge in [-0.2, -0.15) is 0 Å². The molecule has 4 nitrogen and oxygen atoms in total. The Morgan fingerprint density at radius 1 is 1.24 bits per heavy atom. The number of fused-ring (bicyclic) bond motifs is 1. The largest absolute Gasteiger partial charge is 0.341 e. The molecule has 6 heteroatoms. The van der Waals surface area contributed by atoms with Crippen molar-refractivity contribution in [2.45, 2.75) is 38.5 Å². The second-order valence-electron chi connectivity index (χ2n) is 7.79. The lowest BCUT2D eigenvalue weighted by atomic mass is 9.90. The molecule has 0 spiro atoms. The lowest BCUT2D eigenvalue weighted by molar-refractivity contribution is -0.142. The molecule has 0 aromatic heterocycles. The van der Waals surface area contributed by atoms with E-state index in [1.165, 1.54) is 0 Å². The normalized spacial score (nSPS) is 21.0. The number of likely N-dealkylation sites (tertiary alicyclic amines) is 1. The molecule has 3 rings (SSSR count). The van der Waals surface area contributed by atoms with E-state index in [1.54, 1.807) is 11.8 Å². The molecule has 0 saturated carbocycles. The van der Waals surface area contributed by atoms with Crippen LogP contribution in [0.1, 0.15) is 33.6 Å². The fourth-order valence-electron chi connectivity index (χ4n) is 3.48. The van der Waals surface area contributed by atoms with Crippen molar-refractivity contribution in [2.75, 3.05) is 30.3 Å². The first-order valence-electron chi connectivity index (χ1n) is 8.80. The standard InChI is InChI=1S/C19H25ClN2O2S/c1-19(2,3)18(24)21-8-4-5-13(12-21)17(23)22-9-10-25-16-7-6-14(20)11-15(16)22/h6-7,11,13H,4-5,8-10,12H2,1-3H3. The number of halogens is 1. The fourth-order valence-corrected chi connectivity index (χ4v) is 4.62. The summed E-state index contributed by atoms with van der Waals surface area (Å²) >= 11 is 7.90. The van der Waals surface area contributed by atoms with Gasteiger partial charge in [0.1, 0.15) is 0 Å². The van der Waals surface area contributed by atoms with Crippen molar-refractivity contribution in [1.29, 1.82) is 0 Å². The molecule has 1 atom stereocenters. The van der Waals surface area contributed by atoms with Crippen molar-refractivity contribution < 1.29 is 9.59 Å². The van der Waals surface area contributed by atoms with Gasteiger partial charge in [-0.3, -0.25) is 9.59 Å². The third kappa shape index (κ3) is 3.98. The van der Waals surface area contributed by atoms with Crippen LogP contribution < -0.4 is 4.90 Å². The maximum atomic E-state index is 13.2. The van der Waals surface area contributed by atoms with Gasteiger partial charge in [-0.15, -0.1) is 11.8 Å². The molecular weight excluding hydrogens is 356 g/mol. The number of carbonyl (C=O) groups is 2.